The second kappa shape index (κ2) is 17.3. The lowest BCUT2D eigenvalue weighted by atomic mass is 10.0. The number of halogens is 6. The van der Waals surface area contributed by atoms with Gasteiger partial charge in [0, 0.05) is 80.1 Å². The number of aromatic nitrogens is 6. The molecule has 0 radical (unpaired) electrons. The van der Waals surface area contributed by atoms with E-state index in [1.165, 1.54) is 42.5 Å². The summed E-state index contributed by atoms with van der Waals surface area (Å²) in [6.07, 6.45) is 11.3. The zero-order valence-electron chi connectivity index (χ0n) is 35.8. The minimum Gasteiger partial charge on any atom is -0.354 e. The summed E-state index contributed by atoms with van der Waals surface area (Å²) in [6.45, 7) is 0.482. The standard InChI is InChI=1S/C55H33F6N7O/c56-33-10-4-11-34(57)49(33)52-42-19-17-40(63-42)48(32-9-1-2-16-39(32)67-55(69)31-8-3-7-30(27-31)28-68-26-25-62-29-68)41-18-20-43(64-41)53(50-35(58)12-5-13-36(50)59)45-22-24-47(66-45)54(46-23-21-44(52)65-46)51-37(60)14-6-15-38(51)61/h1-27,29,63,66H,28H2,(H,67,69). The number of fused-ring (bicyclic) bond motifs is 8. The predicted octanol–water partition coefficient (Wildman–Crippen LogP) is 13.7. The molecule has 0 spiro atoms. The zero-order valence-corrected chi connectivity index (χ0v) is 35.8. The molecule has 14 heteroatoms. The first-order chi connectivity index (χ1) is 33.6. The number of hydrogen-bond donors (Lipinski definition) is 3. The van der Waals surface area contributed by atoms with Crippen molar-refractivity contribution >= 4 is 58.0 Å². The largest absolute Gasteiger partial charge is 0.354 e. The van der Waals surface area contributed by atoms with Gasteiger partial charge in [0.15, 0.2) is 0 Å². The van der Waals surface area contributed by atoms with Gasteiger partial charge in [-0.15, -0.1) is 0 Å². The van der Waals surface area contributed by atoms with Crippen molar-refractivity contribution in [1.29, 1.82) is 0 Å². The van der Waals surface area contributed by atoms with E-state index in [1.807, 2.05) is 16.8 Å². The normalized spacial score (nSPS) is 11.9. The van der Waals surface area contributed by atoms with E-state index >= 15 is 26.3 Å². The maximum absolute atomic E-state index is 16.1. The molecule has 0 fully saturated rings. The third kappa shape index (κ3) is 7.76. The number of anilines is 1. The van der Waals surface area contributed by atoms with E-state index in [0.29, 0.717) is 34.4 Å². The Labute approximate surface area is 388 Å². The summed E-state index contributed by atoms with van der Waals surface area (Å²) >= 11 is 0. The number of para-hydroxylation sites is 1. The molecule has 3 N–H and O–H groups in total. The summed E-state index contributed by atoms with van der Waals surface area (Å²) in [6, 6.07) is 30.7. The van der Waals surface area contributed by atoms with Gasteiger partial charge in [0.1, 0.15) is 34.9 Å². The van der Waals surface area contributed by atoms with Crippen molar-refractivity contribution in [3.63, 3.8) is 0 Å². The lowest BCUT2D eigenvalue weighted by Crippen LogP contribution is -2.13. The van der Waals surface area contributed by atoms with Crippen molar-refractivity contribution in [3.05, 3.63) is 215 Å². The Morgan fingerprint density at radius 2 is 0.928 bits per heavy atom. The smallest absolute Gasteiger partial charge is 0.255 e. The van der Waals surface area contributed by atoms with E-state index in [1.54, 1.807) is 79.3 Å². The van der Waals surface area contributed by atoms with Crippen LogP contribution in [-0.2, 0) is 6.54 Å². The van der Waals surface area contributed by atoms with Crippen molar-refractivity contribution in [2.45, 2.75) is 6.54 Å². The number of nitrogens with zero attached hydrogens (tertiary/aromatic N) is 4. The van der Waals surface area contributed by atoms with Crippen LogP contribution in [0.1, 0.15) is 38.7 Å². The molecule has 0 saturated heterocycles. The number of rotatable bonds is 8. The first-order valence-electron chi connectivity index (χ1n) is 21.5. The highest BCUT2D eigenvalue weighted by Gasteiger charge is 2.25. The van der Waals surface area contributed by atoms with E-state index in [4.69, 9.17) is 9.97 Å². The molecule has 0 atom stereocenters. The predicted molar refractivity (Wildman–Crippen MR) is 256 cm³/mol. The van der Waals surface area contributed by atoms with E-state index < -0.39 is 57.5 Å². The van der Waals surface area contributed by atoms with E-state index in [0.717, 1.165) is 42.0 Å². The van der Waals surface area contributed by atoms with Gasteiger partial charge in [-0.05, 0) is 109 Å². The van der Waals surface area contributed by atoms with Crippen molar-refractivity contribution in [2.24, 2.45) is 0 Å². The summed E-state index contributed by atoms with van der Waals surface area (Å²) < 4.78 is 98.0. The topological polar surface area (TPSA) is 104 Å². The van der Waals surface area contributed by atoms with Gasteiger partial charge in [0.2, 0.25) is 0 Å². The van der Waals surface area contributed by atoms with Crippen LogP contribution in [-0.4, -0.2) is 35.4 Å². The van der Waals surface area contributed by atoms with Crippen LogP contribution in [0.25, 0.3) is 90.9 Å². The number of hydrogen-bond acceptors (Lipinski definition) is 4. The van der Waals surface area contributed by atoms with Crippen molar-refractivity contribution in [1.82, 2.24) is 29.5 Å². The molecule has 2 aliphatic rings. The number of carbonyl (C=O) groups is 1. The molecule has 0 unspecified atom stereocenters. The average Bonchev–Trinajstić information content (AvgIpc) is 4.21. The maximum atomic E-state index is 16.1. The molecule has 69 heavy (non-hydrogen) atoms. The third-order valence-electron chi connectivity index (χ3n) is 12.0. The summed E-state index contributed by atoms with van der Waals surface area (Å²) in [5.41, 5.74) is 2.16. The minimum atomic E-state index is -0.941. The molecule has 8 nitrogen and oxygen atoms in total. The molecule has 5 aromatic carbocycles. The second-order valence-electron chi connectivity index (χ2n) is 16.2. The van der Waals surface area contributed by atoms with Crippen LogP contribution in [0, 0.1) is 34.9 Å². The first kappa shape index (κ1) is 42.6. The Balaban J connectivity index is 1.23. The van der Waals surface area contributed by atoms with Crippen LogP contribution in [0.4, 0.5) is 32.0 Å². The highest BCUT2D eigenvalue weighted by molar-refractivity contribution is 6.08. The number of carbonyl (C=O) groups excluding carboxylic acids is 1. The second-order valence-corrected chi connectivity index (χ2v) is 16.2. The quantitative estimate of drug-likeness (QED) is 0.132. The third-order valence-corrected chi connectivity index (χ3v) is 12.0. The van der Waals surface area contributed by atoms with Gasteiger partial charge in [-0.25, -0.2) is 41.3 Å². The Hall–Kier alpha value is -9.04. The van der Waals surface area contributed by atoms with Gasteiger partial charge in [0.05, 0.1) is 45.8 Å². The van der Waals surface area contributed by atoms with Gasteiger partial charge in [0.25, 0.3) is 5.91 Å². The minimum absolute atomic E-state index is 0.00653. The van der Waals surface area contributed by atoms with E-state index in [9.17, 15) is 4.79 Å². The molecule has 9 aromatic rings. The fourth-order valence-electron chi connectivity index (χ4n) is 8.89. The van der Waals surface area contributed by atoms with Gasteiger partial charge in [-0.3, -0.25) is 4.79 Å². The van der Waals surface area contributed by atoms with Crippen LogP contribution in [0.5, 0.6) is 0 Å². The van der Waals surface area contributed by atoms with E-state index in [2.05, 4.69) is 20.3 Å². The Kier molecular flexibility index (Phi) is 10.7. The highest BCUT2D eigenvalue weighted by atomic mass is 19.2. The first-order valence-corrected chi connectivity index (χ1v) is 21.5. The average molecular weight is 922 g/mol. The molecule has 2 aliphatic heterocycles. The van der Waals surface area contributed by atoms with Crippen LogP contribution in [0.3, 0.4) is 0 Å². The Bertz CT molecular complexity index is 3690. The maximum Gasteiger partial charge on any atom is 0.255 e. The summed E-state index contributed by atoms with van der Waals surface area (Å²) in [5, 5.41) is 3.06. The molecule has 6 heterocycles. The summed E-state index contributed by atoms with van der Waals surface area (Å²) in [7, 11) is 0. The number of benzene rings is 5. The highest BCUT2D eigenvalue weighted by Crippen LogP contribution is 2.42. The number of imidazole rings is 1. The summed E-state index contributed by atoms with van der Waals surface area (Å²) in [5.74, 6) is -5.93. The monoisotopic (exact) mass is 921 g/mol. The van der Waals surface area contributed by atoms with Gasteiger partial charge < -0.3 is 19.9 Å². The van der Waals surface area contributed by atoms with Crippen LogP contribution in [0.15, 0.2) is 146 Å². The molecular formula is C55H33F6N7O. The fraction of sp³-hybridized carbons (Fsp3) is 0.0182. The SMILES string of the molecule is O=C(Nc1ccccc1-c1c2nc(c(-c3c(F)cccc3F)c3ccc([nH]3)c(-c3c(F)cccc3F)c3nc(c(-c4c(F)cccc4F)c4ccc1[nH]4)C=C3)C=C2)c1cccc(Cn2ccnc2)c1. The lowest BCUT2D eigenvalue weighted by Gasteiger charge is -2.13. The van der Waals surface area contributed by atoms with Crippen LogP contribution < -0.4 is 5.32 Å². The molecular weight excluding hydrogens is 889 g/mol. The Morgan fingerprint density at radius 1 is 0.493 bits per heavy atom. The Morgan fingerprint density at radius 3 is 1.39 bits per heavy atom. The van der Waals surface area contributed by atoms with Crippen LogP contribution >= 0.6 is 0 Å². The lowest BCUT2D eigenvalue weighted by molar-refractivity contribution is 0.102. The van der Waals surface area contributed by atoms with Crippen molar-refractivity contribution < 1.29 is 31.1 Å². The van der Waals surface area contributed by atoms with E-state index in [-0.39, 0.29) is 56.0 Å². The van der Waals surface area contributed by atoms with Gasteiger partial charge in [-0.2, -0.15) is 0 Å². The van der Waals surface area contributed by atoms with Crippen LogP contribution in [0.2, 0.25) is 0 Å². The summed E-state index contributed by atoms with van der Waals surface area (Å²) in [4.78, 5) is 34.5. The van der Waals surface area contributed by atoms with Gasteiger partial charge in [-0.1, -0.05) is 48.5 Å². The van der Waals surface area contributed by atoms with Gasteiger partial charge >= 0.3 is 0 Å². The molecule has 336 valence electrons. The molecule has 11 rings (SSSR count). The number of H-pyrrole nitrogens is 2. The fourth-order valence-corrected chi connectivity index (χ4v) is 8.89. The molecule has 1 amide bonds. The molecule has 8 bridgehead atoms. The number of aromatic amines is 2. The molecule has 0 saturated carbocycles. The number of nitrogens with one attached hydrogen (secondary N) is 3. The van der Waals surface area contributed by atoms with Crippen molar-refractivity contribution in [2.75, 3.05) is 5.32 Å². The number of amides is 1. The van der Waals surface area contributed by atoms with Crippen molar-refractivity contribution in [3.8, 4) is 44.5 Å². The molecule has 0 aliphatic carbocycles. The zero-order chi connectivity index (χ0) is 47.3. The molecule has 4 aromatic heterocycles.